The predicted octanol–water partition coefficient (Wildman–Crippen LogP) is 7.03. The van der Waals surface area contributed by atoms with Crippen LogP contribution in [0.5, 0.6) is 5.75 Å². The fraction of sp³-hybridized carbons (Fsp3) is 0.310. The molecule has 0 bridgehead atoms. The number of fused-ring (bicyclic) bond motifs is 1. The number of carbonyl (C=O) groups excluding carboxylic acids is 1. The van der Waals surface area contributed by atoms with E-state index >= 15 is 0 Å². The molecule has 3 aromatic carbocycles. The van der Waals surface area contributed by atoms with Crippen molar-refractivity contribution in [2.45, 2.75) is 44.9 Å². The number of benzene rings is 3. The first-order valence-electron chi connectivity index (χ1n) is 12.7. The molecule has 1 aromatic heterocycles. The van der Waals surface area contributed by atoms with Gasteiger partial charge in [0, 0.05) is 41.3 Å². The highest BCUT2D eigenvalue weighted by molar-refractivity contribution is 9.10. The lowest BCUT2D eigenvalue weighted by Crippen LogP contribution is -2.32. The first-order valence-corrected chi connectivity index (χ1v) is 15.0. The molecule has 0 aliphatic carbocycles. The Hall–Kier alpha value is -2.86. The van der Waals surface area contributed by atoms with Crippen LogP contribution in [0, 0.1) is 0 Å². The van der Waals surface area contributed by atoms with Gasteiger partial charge in [0.25, 0.3) is 12.3 Å². The summed E-state index contributed by atoms with van der Waals surface area (Å²) in [4.78, 5) is 17.9. The van der Waals surface area contributed by atoms with Gasteiger partial charge in [0.2, 0.25) is 0 Å². The van der Waals surface area contributed by atoms with E-state index in [-0.39, 0.29) is 11.3 Å². The van der Waals surface area contributed by atoms with Crippen molar-refractivity contribution in [2.75, 3.05) is 11.9 Å². The Labute approximate surface area is 253 Å². The van der Waals surface area contributed by atoms with E-state index in [9.17, 15) is 17.8 Å². The van der Waals surface area contributed by atoms with E-state index < -0.39 is 34.7 Å². The molecule has 41 heavy (non-hydrogen) atoms. The lowest BCUT2D eigenvalue weighted by Gasteiger charge is -2.18. The predicted molar refractivity (Wildman–Crippen MR) is 163 cm³/mol. The van der Waals surface area contributed by atoms with Crippen molar-refractivity contribution in [3.63, 3.8) is 0 Å². The summed E-state index contributed by atoms with van der Waals surface area (Å²) in [6.07, 6.45) is -2.34. The average molecular weight is 668 g/mol. The Kier molecular flexibility index (Phi) is 9.84. The van der Waals surface area contributed by atoms with Gasteiger partial charge in [0.1, 0.15) is 18.2 Å². The number of ether oxygens (including phenoxy) is 1. The maximum atomic E-state index is 13.2. The third-order valence-corrected chi connectivity index (χ3v) is 8.62. The summed E-state index contributed by atoms with van der Waals surface area (Å²) < 4.78 is 49.1. The molecule has 0 radical (unpaired) electrons. The number of imidazole rings is 1. The Morgan fingerprint density at radius 3 is 2.51 bits per heavy atom. The largest absolute Gasteiger partial charge is 0.487 e. The maximum absolute atomic E-state index is 13.2. The molecule has 0 saturated carbocycles. The number of carbonyl (C=O) groups is 1. The standard InChI is InChI=1S/C29H30BrClF2N4O3S/c1-29(2,3)41(39)34-15-17-5-10-22(31)18(11-17)12-27-36-23-13-21(28(38)35-20-8-6-19(30)7-9-20)25(40-16-26(32)33)14-24(23)37(27)4/h5-11,13-14,26,34H,12,15-16H2,1-4H3,(H,35,38). The summed E-state index contributed by atoms with van der Waals surface area (Å²) in [7, 11) is 0.578. The normalized spacial score (nSPS) is 12.6. The van der Waals surface area contributed by atoms with Crippen LogP contribution in [0.1, 0.15) is 48.1 Å². The molecule has 0 saturated heterocycles. The molecule has 12 heteroatoms. The summed E-state index contributed by atoms with van der Waals surface area (Å²) in [6.45, 7) is 5.24. The number of nitrogens with zero attached hydrogens (tertiary/aromatic N) is 2. The second kappa shape index (κ2) is 13.0. The molecular weight excluding hydrogens is 638 g/mol. The van der Waals surface area contributed by atoms with E-state index in [1.165, 1.54) is 6.07 Å². The van der Waals surface area contributed by atoms with E-state index in [0.29, 0.717) is 40.5 Å². The monoisotopic (exact) mass is 666 g/mol. The van der Waals surface area contributed by atoms with Crippen molar-refractivity contribution >= 4 is 61.1 Å². The summed E-state index contributed by atoms with van der Waals surface area (Å²) in [5, 5.41) is 3.32. The number of alkyl halides is 2. The SMILES string of the molecule is Cn1c(Cc2cc(CNS(=O)C(C)(C)C)ccc2Cl)nc2cc(C(=O)Nc3ccc(Br)cc3)c(OCC(F)F)cc21. The van der Waals surface area contributed by atoms with Gasteiger partial charge < -0.3 is 14.6 Å². The highest BCUT2D eigenvalue weighted by Gasteiger charge is 2.21. The fourth-order valence-corrected chi connectivity index (χ4v) is 5.20. The number of amides is 1. The van der Waals surface area contributed by atoms with Crippen LogP contribution < -0.4 is 14.8 Å². The first kappa shape index (κ1) is 31.1. The third kappa shape index (κ3) is 7.91. The zero-order valence-electron chi connectivity index (χ0n) is 22.9. The van der Waals surface area contributed by atoms with Crippen molar-refractivity contribution in [1.29, 1.82) is 0 Å². The molecule has 4 rings (SSSR count). The molecule has 4 aromatic rings. The van der Waals surface area contributed by atoms with Gasteiger partial charge in [-0.2, -0.15) is 0 Å². The molecule has 2 N–H and O–H groups in total. The number of aryl methyl sites for hydroxylation is 1. The minimum atomic E-state index is -2.71. The van der Waals surface area contributed by atoms with Gasteiger partial charge in [0.05, 0.1) is 32.3 Å². The molecule has 1 heterocycles. The van der Waals surface area contributed by atoms with Crippen molar-refractivity contribution < 1.29 is 22.5 Å². The van der Waals surface area contributed by atoms with Gasteiger partial charge in [-0.25, -0.2) is 22.7 Å². The fourth-order valence-electron chi connectivity index (χ4n) is 4.02. The minimum absolute atomic E-state index is 0.0277. The Morgan fingerprint density at radius 1 is 1.15 bits per heavy atom. The zero-order chi connectivity index (χ0) is 29.9. The number of aromatic nitrogens is 2. The molecule has 1 amide bonds. The van der Waals surface area contributed by atoms with Gasteiger partial charge >= 0.3 is 0 Å². The molecule has 1 atom stereocenters. The lowest BCUT2D eigenvalue weighted by molar-refractivity contribution is 0.0804. The molecule has 0 aliphatic heterocycles. The van der Waals surface area contributed by atoms with E-state index in [4.69, 9.17) is 21.3 Å². The number of hydrogen-bond donors (Lipinski definition) is 2. The second-order valence-corrected chi connectivity index (χ2v) is 13.8. The molecule has 1 unspecified atom stereocenters. The highest BCUT2D eigenvalue weighted by atomic mass is 79.9. The van der Waals surface area contributed by atoms with Crippen LogP contribution in [-0.2, 0) is 31.0 Å². The third-order valence-electron chi connectivity index (χ3n) is 6.21. The first-order chi connectivity index (χ1) is 19.3. The van der Waals surface area contributed by atoms with Crippen molar-refractivity contribution in [3.05, 3.63) is 86.6 Å². The van der Waals surface area contributed by atoms with Crippen LogP contribution in [0.25, 0.3) is 11.0 Å². The molecule has 218 valence electrons. The van der Waals surface area contributed by atoms with Crippen molar-refractivity contribution in [1.82, 2.24) is 14.3 Å². The highest BCUT2D eigenvalue weighted by Crippen LogP contribution is 2.30. The molecule has 0 aliphatic rings. The Balaban J connectivity index is 1.64. The number of nitrogens with one attached hydrogen (secondary N) is 2. The quantitative estimate of drug-likeness (QED) is 0.190. The lowest BCUT2D eigenvalue weighted by atomic mass is 10.1. The van der Waals surface area contributed by atoms with Gasteiger partial charge in [0.15, 0.2) is 0 Å². The van der Waals surface area contributed by atoms with Gasteiger partial charge in [-0.1, -0.05) is 39.7 Å². The van der Waals surface area contributed by atoms with Gasteiger partial charge in [-0.3, -0.25) is 4.79 Å². The van der Waals surface area contributed by atoms with Crippen LogP contribution in [0.2, 0.25) is 5.02 Å². The number of rotatable bonds is 10. The maximum Gasteiger partial charge on any atom is 0.272 e. The number of anilines is 1. The van der Waals surface area contributed by atoms with Crippen LogP contribution in [0.4, 0.5) is 14.5 Å². The van der Waals surface area contributed by atoms with Crippen molar-refractivity contribution in [2.24, 2.45) is 7.05 Å². The molecule has 0 fully saturated rings. The van der Waals surface area contributed by atoms with Crippen LogP contribution >= 0.6 is 27.5 Å². The zero-order valence-corrected chi connectivity index (χ0v) is 26.1. The summed E-state index contributed by atoms with van der Waals surface area (Å²) in [5.74, 6) is 0.164. The van der Waals surface area contributed by atoms with Gasteiger partial charge in [-0.15, -0.1) is 0 Å². The number of halogens is 4. The van der Waals surface area contributed by atoms with E-state index in [1.54, 1.807) is 43.4 Å². The van der Waals surface area contributed by atoms with Crippen LogP contribution in [-0.4, -0.2) is 37.4 Å². The summed E-state index contributed by atoms with van der Waals surface area (Å²) in [5.41, 5.74) is 3.46. The van der Waals surface area contributed by atoms with E-state index in [2.05, 4.69) is 26.0 Å². The van der Waals surface area contributed by atoms with Crippen molar-refractivity contribution in [3.8, 4) is 5.75 Å². The molecule has 7 nitrogen and oxygen atoms in total. The van der Waals surface area contributed by atoms with Gasteiger partial charge in [-0.05, 0) is 68.3 Å². The average Bonchev–Trinajstić information content (AvgIpc) is 3.21. The Morgan fingerprint density at radius 2 is 1.85 bits per heavy atom. The summed E-state index contributed by atoms with van der Waals surface area (Å²) in [6, 6.07) is 15.7. The number of hydrogen-bond acceptors (Lipinski definition) is 4. The Bertz CT molecular complexity index is 1590. The topological polar surface area (TPSA) is 85.2 Å². The minimum Gasteiger partial charge on any atom is -0.487 e. The molecule has 0 spiro atoms. The smallest absolute Gasteiger partial charge is 0.272 e. The second-order valence-electron chi connectivity index (χ2n) is 10.4. The van der Waals surface area contributed by atoms with Crippen LogP contribution in [0.3, 0.4) is 0 Å². The summed E-state index contributed by atoms with van der Waals surface area (Å²) >= 11 is 9.87. The molecular formula is C29H30BrClF2N4O3S. The van der Waals surface area contributed by atoms with Crippen LogP contribution in [0.15, 0.2) is 59.1 Å². The van der Waals surface area contributed by atoms with E-state index in [1.807, 2.05) is 37.5 Å². The van der Waals surface area contributed by atoms with E-state index in [0.717, 1.165) is 15.6 Å².